The van der Waals surface area contributed by atoms with Crippen LogP contribution in [0.4, 0.5) is 11.4 Å². The zero-order chi connectivity index (χ0) is 21.8. The maximum atomic E-state index is 10.8. The first-order valence-corrected chi connectivity index (χ1v) is 12.1. The third-order valence-corrected chi connectivity index (χ3v) is 7.57. The molecule has 0 aliphatic carbocycles. The Balaban J connectivity index is 1.40. The van der Waals surface area contributed by atoms with Crippen LogP contribution in [0.1, 0.15) is 44.2 Å². The summed E-state index contributed by atoms with van der Waals surface area (Å²) < 4.78 is 0. The smallest absolute Gasteiger partial charge is 0.0891 e. The molecule has 4 rings (SSSR count). The van der Waals surface area contributed by atoms with E-state index in [2.05, 4.69) is 84.1 Å². The van der Waals surface area contributed by atoms with Crippen molar-refractivity contribution in [3.8, 4) is 0 Å². The van der Waals surface area contributed by atoms with Crippen molar-refractivity contribution in [3.05, 3.63) is 59.7 Å². The number of para-hydroxylation sites is 1. The molecule has 2 heterocycles. The minimum Gasteiger partial charge on any atom is -0.385 e. The SMILES string of the molecule is CCC(O)(CC)c1ccc(N2CC[C@H](Cc3ccccc3N3CCN(C)CC3)C2)cc1. The van der Waals surface area contributed by atoms with Gasteiger partial charge in [0.05, 0.1) is 5.60 Å². The van der Waals surface area contributed by atoms with Gasteiger partial charge in [-0.25, -0.2) is 0 Å². The molecule has 1 N–H and O–H groups in total. The van der Waals surface area contributed by atoms with Crippen LogP contribution in [0.2, 0.25) is 0 Å². The predicted octanol–water partition coefficient (Wildman–Crippen LogP) is 4.52. The lowest BCUT2D eigenvalue weighted by molar-refractivity contribution is 0.0284. The van der Waals surface area contributed by atoms with E-state index in [1.807, 2.05) is 0 Å². The average molecular weight is 422 g/mol. The van der Waals surface area contributed by atoms with Gasteiger partial charge in [-0.05, 0) is 68.0 Å². The molecule has 2 fully saturated rings. The Hall–Kier alpha value is -2.04. The first-order valence-electron chi connectivity index (χ1n) is 12.1. The molecule has 0 unspecified atom stereocenters. The number of nitrogens with zero attached hydrogens (tertiary/aromatic N) is 3. The zero-order valence-corrected chi connectivity index (χ0v) is 19.6. The maximum Gasteiger partial charge on any atom is 0.0891 e. The van der Waals surface area contributed by atoms with Crippen molar-refractivity contribution in [2.24, 2.45) is 5.92 Å². The largest absolute Gasteiger partial charge is 0.385 e. The van der Waals surface area contributed by atoms with Gasteiger partial charge in [-0.3, -0.25) is 0 Å². The molecular weight excluding hydrogens is 382 g/mol. The van der Waals surface area contributed by atoms with E-state index in [9.17, 15) is 5.11 Å². The third-order valence-electron chi connectivity index (χ3n) is 7.57. The van der Waals surface area contributed by atoms with Crippen molar-refractivity contribution in [3.63, 3.8) is 0 Å². The summed E-state index contributed by atoms with van der Waals surface area (Å²) in [4.78, 5) is 7.51. The van der Waals surface area contributed by atoms with E-state index in [0.717, 1.165) is 64.1 Å². The van der Waals surface area contributed by atoms with Crippen LogP contribution < -0.4 is 9.80 Å². The molecule has 2 aliphatic heterocycles. The molecule has 0 amide bonds. The van der Waals surface area contributed by atoms with Gasteiger partial charge < -0.3 is 19.8 Å². The second-order valence-corrected chi connectivity index (χ2v) is 9.51. The van der Waals surface area contributed by atoms with Crippen LogP contribution in [-0.4, -0.2) is 56.3 Å². The van der Waals surface area contributed by atoms with E-state index in [1.165, 1.54) is 23.4 Å². The van der Waals surface area contributed by atoms with Crippen molar-refractivity contribution in [2.75, 3.05) is 56.1 Å². The molecule has 2 aromatic rings. The fraction of sp³-hybridized carbons (Fsp3) is 0.556. The highest BCUT2D eigenvalue weighted by atomic mass is 16.3. The number of hydrogen-bond acceptors (Lipinski definition) is 4. The standard InChI is InChI=1S/C27H39N3O/c1-4-27(31,5-2)24-10-12-25(13-11-24)30-15-14-22(21-30)20-23-8-6-7-9-26(23)29-18-16-28(3)17-19-29/h6-13,22,31H,4-5,14-21H2,1-3H3/t22-/m1/s1. The lowest BCUT2D eigenvalue weighted by atomic mass is 9.88. The Morgan fingerprint density at radius 3 is 2.23 bits per heavy atom. The van der Waals surface area contributed by atoms with E-state index in [1.54, 1.807) is 0 Å². The molecule has 0 bridgehead atoms. The molecule has 2 aromatic carbocycles. The van der Waals surface area contributed by atoms with Crippen molar-refractivity contribution >= 4 is 11.4 Å². The number of anilines is 2. The lowest BCUT2D eigenvalue weighted by Crippen LogP contribution is -2.44. The number of benzene rings is 2. The normalized spacial score (nSPS) is 20.5. The number of aliphatic hydroxyl groups is 1. The summed E-state index contributed by atoms with van der Waals surface area (Å²) in [5.41, 5.74) is 4.58. The third kappa shape index (κ3) is 4.91. The van der Waals surface area contributed by atoms with Gasteiger partial charge in [0.25, 0.3) is 0 Å². The van der Waals surface area contributed by atoms with Gasteiger partial charge >= 0.3 is 0 Å². The summed E-state index contributed by atoms with van der Waals surface area (Å²) in [6.07, 6.45) is 3.90. The average Bonchev–Trinajstić information content (AvgIpc) is 3.28. The predicted molar refractivity (Wildman–Crippen MR) is 131 cm³/mol. The van der Waals surface area contributed by atoms with Crippen LogP contribution in [-0.2, 0) is 12.0 Å². The summed E-state index contributed by atoms with van der Waals surface area (Å²) in [7, 11) is 2.22. The van der Waals surface area contributed by atoms with Crippen molar-refractivity contribution in [2.45, 2.75) is 45.1 Å². The first-order chi connectivity index (χ1) is 15.0. The molecule has 1 atom stereocenters. The summed E-state index contributed by atoms with van der Waals surface area (Å²) >= 11 is 0. The Bertz CT molecular complexity index is 838. The van der Waals surface area contributed by atoms with Crippen LogP contribution >= 0.6 is 0 Å². The topological polar surface area (TPSA) is 30.0 Å². The van der Waals surface area contributed by atoms with Gasteiger partial charge in [0.2, 0.25) is 0 Å². The van der Waals surface area contributed by atoms with E-state index in [4.69, 9.17) is 0 Å². The van der Waals surface area contributed by atoms with Gasteiger partial charge in [-0.2, -0.15) is 0 Å². The van der Waals surface area contributed by atoms with Crippen molar-refractivity contribution in [1.29, 1.82) is 0 Å². The molecular formula is C27H39N3O. The number of likely N-dealkylation sites (N-methyl/N-ethyl adjacent to an activating group) is 1. The maximum absolute atomic E-state index is 10.8. The van der Waals surface area contributed by atoms with Crippen molar-refractivity contribution < 1.29 is 5.11 Å². The van der Waals surface area contributed by atoms with Gasteiger partial charge in [0.1, 0.15) is 0 Å². The molecule has 2 aliphatic rings. The lowest BCUT2D eigenvalue weighted by Gasteiger charge is -2.35. The van der Waals surface area contributed by atoms with Crippen LogP contribution in [0.3, 0.4) is 0 Å². The first kappa shape index (κ1) is 22.2. The fourth-order valence-corrected chi connectivity index (χ4v) is 5.22. The number of piperazine rings is 1. The Labute approximate surface area is 188 Å². The van der Waals surface area contributed by atoms with Crippen LogP contribution in [0.5, 0.6) is 0 Å². The van der Waals surface area contributed by atoms with Crippen LogP contribution in [0.25, 0.3) is 0 Å². The summed E-state index contributed by atoms with van der Waals surface area (Å²) in [6.45, 7) is 10.9. The van der Waals surface area contributed by atoms with E-state index >= 15 is 0 Å². The fourth-order valence-electron chi connectivity index (χ4n) is 5.22. The van der Waals surface area contributed by atoms with Crippen LogP contribution in [0.15, 0.2) is 48.5 Å². The van der Waals surface area contributed by atoms with Gasteiger partial charge in [-0.1, -0.05) is 44.2 Å². The molecule has 4 nitrogen and oxygen atoms in total. The van der Waals surface area contributed by atoms with Crippen LogP contribution in [0, 0.1) is 5.92 Å². The van der Waals surface area contributed by atoms with Gasteiger partial charge in [-0.15, -0.1) is 0 Å². The van der Waals surface area contributed by atoms with E-state index < -0.39 is 5.60 Å². The van der Waals surface area contributed by atoms with Gasteiger partial charge in [0, 0.05) is 50.6 Å². The molecule has 168 valence electrons. The van der Waals surface area contributed by atoms with Gasteiger partial charge in [0.15, 0.2) is 0 Å². The second kappa shape index (κ2) is 9.62. The number of rotatable bonds is 7. The minimum atomic E-state index is -0.695. The second-order valence-electron chi connectivity index (χ2n) is 9.51. The highest BCUT2D eigenvalue weighted by molar-refractivity contribution is 5.55. The summed E-state index contributed by atoms with van der Waals surface area (Å²) in [5.74, 6) is 0.691. The number of hydrogen-bond donors (Lipinski definition) is 1. The Morgan fingerprint density at radius 2 is 1.55 bits per heavy atom. The summed E-state index contributed by atoms with van der Waals surface area (Å²) in [5, 5.41) is 10.8. The molecule has 0 aromatic heterocycles. The molecule has 2 saturated heterocycles. The van der Waals surface area contributed by atoms with E-state index in [0.29, 0.717) is 5.92 Å². The quantitative estimate of drug-likeness (QED) is 0.712. The van der Waals surface area contributed by atoms with Crippen molar-refractivity contribution in [1.82, 2.24) is 4.90 Å². The molecule has 0 saturated carbocycles. The zero-order valence-electron chi connectivity index (χ0n) is 19.6. The molecule has 0 radical (unpaired) electrons. The molecule has 0 spiro atoms. The molecule has 4 heteroatoms. The Morgan fingerprint density at radius 1 is 0.871 bits per heavy atom. The highest BCUT2D eigenvalue weighted by Gasteiger charge is 2.27. The minimum absolute atomic E-state index is 0.691. The highest BCUT2D eigenvalue weighted by Crippen LogP contribution is 2.33. The Kier molecular flexibility index (Phi) is 6.88. The monoisotopic (exact) mass is 421 g/mol. The molecule has 31 heavy (non-hydrogen) atoms. The summed E-state index contributed by atoms with van der Waals surface area (Å²) in [6, 6.07) is 17.7. The van der Waals surface area contributed by atoms with E-state index in [-0.39, 0.29) is 0 Å².